The fourth-order valence-electron chi connectivity index (χ4n) is 2.73. The maximum absolute atomic E-state index is 11.8. The quantitative estimate of drug-likeness (QED) is 0.855. The maximum Gasteiger partial charge on any atom is 0.337 e. The molecule has 0 amide bonds. The predicted octanol–water partition coefficient (Wildman–Crippen LogP) is 2.09. The Balaban J connectivity index is 2.60. The molecular formula is C15H21NO4. The van der Waals surface area contributed by atoms with Crippen LogP contribution in [0.2, 0.25) is 0 Å². The third kappa shape index (κ3) is 2.45. The average molecular weight is 279 g/mol. The highest BCUT2D eigenvalue weighted by atomic mass is 16.5. The third-order valence-electron chi connectivity index (χ3n) is 3.86. The molecule has 1 fully saturated rings. The van der Waals surface area contributed by atoms with Crippen LogP contribution in [0.15, 0.2) is 12.1 Å². The molecule has 2 rings (SSSR count). The van der Waals surface area contributed by atoms with Gasteiger partial charge in [0.2, 0.25) is 0 Å². The van der Waals surface area contributed by atoms with E-state index in [0.717, 1.165) is 24.9 Å². The van der Waals surface area contributed by atoms with E-state index in [9.17, 15) is 4.79 Å². The predicted molar refractivity (Wildman–Crippen MR) is 75.5 cm³/mol. The van der Waals surface area contributed by atoms with E-state index in [1.165, 1.54) is 7.11 Å². The molecule has 0 radical (unpaired) electrons. The lowest BCUT2D eigenvalue weighted by Gasteiger charge is -2.28. The molecule has 5 heteroatoms. The van der Waals surface area contributed by atoms with Gasteiger partial charge in [0.25, 0.3) is 0 Å². The Morgan fingerprint density at radius 3 is 2.50 bits per heavy atom. The molecule has 1 aromatic carbocycles. The van der Waals surface area contributed by atoms with Crippen molar-refractivity contribution in [3.63, 3.8) is 0 Å². The van der Waals surface area contributed by atoms with Crippen LogP contribution in [0.4, 0.5) is 0 Å². The molecule has 1 aliphatic rings. The number of carbonyl (C=O) groups excluding carboxylic acids is 1. The smallest absolute Gasteiger partial charge is 0.337 e. The zero-order chi connectivity index (χ0) is 14.8. The van der Waals surface area contributed by atoms with Crippen LogP contribution in [0.5, 0.6) is 11.5 Å². The molecule has 1 unspecified atom stereocenters. The minimum Gasteiger partial charge on any atom is -0.493 e. The summed E-state index contributed by atoms with van der Waals surface area (Å²) in [5.74, 6) is 0.825. The van der Waals surface area contributed by atoms with Crippen molar-refractivity contribution in [3.8, 4) is 11.5 Å². The highest BCUT2D eigenvalue weighted by molar-refractivity contribution is 5.90. The third-order valence-corrected chi connectivity index (χ3v) is 3.86. The van der Waals surface area contributed by atoms with Gasteiger partial charge in [-0.05, 0) is 38.4 Å². The number of hydrogen-bond acceptors (Lipinski definition) is 5. The van der Waals surface area contributed by atoms with E-state index in [0.29, 0.717) is 17.1 Å². The SMILES string of the molecule is COC(=O)c1cc(OC)c(OC)c(C2(C)CCCN2)c1. The Morgan fingerprint density at radius 1 is 1.25 bits per heavy atom. The van der Waals surface area contributed by atoms with Crippen LogP contribution >= 0.6 is 0 Å². The first-order chi connectivity index (χ1) is 9.55. The van der Waals surface area contributed by atoms with Gasteiger partial charge in [-0.15, -0.1) is 0 Å². The lowest BCUT2D eigenvalue weighted by Crippen LogP contribution is -2.34. The Bertz CT molecular complexity index is 507. The van der Waals surface area contributed by atoms with Crippen molar-refractivity contribution in [2.24, 2.45) is 0 Å². The summed E-state index contributed by atoms with van der Waals surface area (Å²) in [4.78, 5) is 11.8. The summed E-state index contributed by atoms with van der Waals surface area (Å²) in [5, 5.41) is 3.47. The van der Waals surface area contributed by atoms with Gasteiger partial charge < -0.3 is 19.5 Å². The molecule has 0 aromatic heterocycles. The van der Waals surface area contributed by atoms with Gasteiger partial charge in [0.15, 0.2) is 11.5 Å². The summed E-state index contributed by atoms with van der Waals surface area (Å²) in [5.41, 5.74) is 1.18. The number of methoxy groups -OCH3 is 3. The van der Waals surface area contributed by atoms with E-state index in [-0.39, 0.29) is 11.5 Å². The summed E-state index contributed by atoms with van der Waals surface area (Å²) >= 11 is 0. The normalized spacial score (nSPS) is 21.6. The molecule has 0 spiro atoms. The first-order valence-electron chi connectivity index (χ1n) is 6.65. The standard InChI is InChI=1S/C15H21NO4/c1-15(6-5-7-16-15)11-8-10(14(17)20-4)9-12(18-2)13(11)19-3/h8-9,16H,5-7H2,1-4H3. The second-order valence-corrected chi connectivity index (χ2v) is 5.11. The highest BCUT2D eigenvalue weighted by Crippen LogP contribution is 2.42. The van der Waals surface area contributed by atoms with Crippen LogP contribution in [0.25, 0.3) is 0 Å². The van der Waals surface area contributed by atoms with Crippen LogP contribution < -0.4 is 14.8 Å². The summed E-state index contributed by atoms with van der Waals surface area (Å²) < 4.78 is 15.7. The number of hydrogen-bond donors (Lipinski definition) is 1. The van der Waals surface area contributed by atoms with Crippen molar-refractivity contribution < 1.29 is 19.0 Å². The number of rotatable bonds is 4. The Labute approximate surface area is 119 Å². The van der Waals surface area contributed by atoms with Gasteiger partial charge in [-0.25, -0.2) is 4.79 Å². The average Bonchev–Trinajstić information content (AvgIpc) is 2.92. The van der Waals surface area contributed by atoms with E-state index < -0.39 is 0 Å². The molecule has 1 atom stereocenters. The van der Waals surface area contributed by atoms with Crippen molar-refractivity contribution in [1.82, 2.24) is 5.32 Å². The largest absolute Gasteiger partial charge is 0.493 e. The van der Waals surface area contributed by atoms with Gasteiger partial charge in [-0.2, -0.15) is 0 Å². The second kappa shape index (κ2) is 5.71. The number of benzene rings is 1. The Morgan fingerprint density at radius 2 is 2.00 bits per heavy atom. The highest BCUT2D eigenvalue weighted by Gasteiger charge is 2.35. The van der Waals surface area contributed by atoms with E-state index in [1.54, 1.807) is 20.3 Å². The van der Waals surface area contributed by atoms with Crippen LogP contribution in [0.1, 0.15) is 35.7 Å². The fraction of sp³-hybridized carbons (Fsp3) is 0.533. The second-order valence-electron chi connectivity index (χ2n) is 5.11. The maximum atomic E-state index is 11.8. The molecule has 5 nitrogen and oxygen atoms in total. The van der Waals surface area contributed by atoms with Crippen molar-refractivity contribution in [2.45, 2.75) is 25.3 Å². The lowest BCUT2D eigenvalue weighted by molar-refractivity contribution is 0.0600. The monoisotopic (exact) mass is 279 g/mol. The number of carbonyl (C=O) groups is 1. The minimum absolute atomic E-state index is 0.220. The van der Waals surface area contributed by atoms with Crippen molar-refractivity contribution in [2.75, 3.05) is 27.9 Å². The molecule has 1 N–H and O–H groups in total. The summed E-state index contributed by atoms with van der Waals surface area (Å²) in [7, 11) is 4.54. The zero-order valence-electron chi connectivity index (χ0n) is 12.4. The summed E-state index contributed by atoms with van der Waals surface area (Å²) in [6.07, 6.45) is 2.07. The van der Waals surface area contributed by atoms with Gasteiger partial charge in [0.05, 0.1) is 26.9 Å². The van der Waals surface area contributed by atoms with Gasteiger partial charge >= 0.3 is 5.97 Å². The molecule has 1 aromatic rings. The number of esters is 1. The first-order valence-corrected chi connectivity index (χ1v) is 6.65. The van der Waals surface area contributed by atoms with Crippen LogP contribution in [-0.4, -0.2) is 33.8 Å². The van der Waals surface area contributed by atoms with Gasteiger partial charge in [0.1, 0.15) is 0 Å². The first kappa shape index (κ1) is 14.7. The van der Waals surface area contributed by atoms with Crippen molar-refractivity contribution >= 4 is 5.97 Å². The summed E-state index contributed by atoms with van der Waals surface area (Å²) in [6, 6.07) is 3.47. The molecular weight excluding hydrogens is 258 g/mol. The minimum atomic E-state index is -0.381. The lowest BCUT2D eigenvalue weighted by atomic mass is 9.88. The fourth-order valence-corrected chi connectivity index (χ4v) is 2.73. The van der Waals surface area contributed by atoms with E-state index in [2.05, 4.69) is 12.2 Å². The molecule has 1 aliphatic heterocycles. The molecule has 0 saturated carbocycles. The van der Waals surface area contributed by atoms with Crippen LogP contribution in [0, 0.1) is 0 Å². The Kier molecular flexibility index (Phi) is 4.18. The topological polar surface area (TPSA) is 56.8 Å². The summed E-state index contributed by atoms with van der Waals surface area (Å²) in [6.45, 7) is 3.06. The van der Waals surface area contributed by atoms with E-state index >= 15 is 0 Å². The van der Waals surface area contributed by atoms with Crippen molar-refractivity contribution in [1.29, 1.82) is 0 Å². The van der Waals surface area contributed by atoms with E-state index in [4.69, 9.17) is 14.2 Å². The molecule has 1 heterocycles. The number of nitrogens with one attached hydrogen (secondary N) is 1. The molecule has 0 aliphatic carbocycles. The molecule has 110 valence electrons. The van der Waals surface area contributed by atoms with Crippen LogP contribution in [0.3, 0.4) is 0 Å². The molecule has 20 heavy (non-hydrogen) atoms. The molecule has 1 saturated heterocycles. The van der Waals surface area contributed by atoms with Gasteiger partial charge in [-0.1, -0.05) is 0 Å². The van der Waals surface area contributed by atoms with Gasteiger partial charge in [0, 0.05) is 11.1 Å². The van der Waals surface area contributed by atoms with Crippen LogP contribution in [-0.2, 0) is 10.3 Å². The van der Waals surface area contributed by atoms with E-state index in [1.807, 2.05) is 6.07 Å². The number of ether oxygens (including phenoxy) is 3. The zero-order valence-corrected chi connectivity index (χ0v) is 12.4. The Hall–Kier alpha value is -1.75. The van der Waals surface area contributed by atoms with Gasteiger partial charge in [-0.3, -0.25) is 0 Å². The van der Waals surface area contributed by atoms with Crippen molar-refractivity contribution in [3.05, 3.63) is 23.3 Å². The molecule has 0 bridgehead atoms.